The van der Waals surface area contributed by atoms with Crippen molar-refractivity contribution in [1.29, 1.82) is 0 Å². The first kappa shape index (κ1) is 16.2. The lowest BCUT2D eigenvalue weighted by molar-refractivity contribution is 0.539. The third-order valence-electron chi connectivity index (χ3n) is 3.24. The van der Waals surface area contributed by atoms with Gasteiger partial charge in [-0.05, 0) is 19.8 Å². The Bertz CT molecular complexity index is 310. The highest BCUT2D eigenvalue weighted by Gasteiger charge is 1.98. The van der Waals surface area contributed by atoms with E-state index >= 15 is 0 Å². The zero-order valence-corrected chi connectivity index (χ0v) is 14.4. The van der Waals surface area contributed by atoms with Gasteiger partial charge in [0.15, 0.2) is 0 Å². The second kappa shape index (κ2) is 10.0. The molecule has 0 bridgehead atoms. The van der Waals surface area contributed by atoms with E-state index in [1.165, 1.54) is 51.4 Å². The average molecular weight is 380 g/mol. The van der Waals surface area contributed by atoms with Gasteiger partial charge in [-0.15, -0.1) is 0 Å². The first-order chi connectivity index (χ1) is 8.70. The van der Waals surface area contributed by atoms with Crippen LogP contribution in [0.3, 0.4) is 0 Å². The Balaban J connectivity index is 1.86. The monoisotopic (exact) mass is 378 g/mol. The van der Waals surface area contributed by atoms with Gasteiger partial charge in [0, 0.05) is 18.9 Å². The van der Waals surface area contributed by atoms with Crippen LogP contribution in [0.5, 0.6) is 0 Å². The number of halogens is 2. The fourth-order valence-corrected chi connectivity index (χ4v) is 2.75. The van der Waals surface area contributed by atoms with E-state index in [4.69, 9.17) is 0 Å². The van der Waals surface area contributed by atoms with Gasteiger partial charge in [-0.25, -0.2) is 4.98 Å². The topological polar surface area (TPSA) is 17.8 Å². The fourth-order valence-electron chi connectivity index (χ4n) is 2.10. The van der Waals surface area contributed by atoms with Crippen molar-refractivity contribution in [1.82, 2.24) is 9.55 Å². The normalized spacial score (nSPS) is 11.3. The SMILES string of the molecule is Cc1nccn1CCCCCCCCCC(Br)Br. The molecule has 0 radical (unpaired) electrons. The maximum absolute atomic E-state index is 4.23. The van der Waals surface area contributed by atoms with Crippen LogP contribution < -0.4 is 0 Å². The third kappa shape index (κ3) is 7.57. The molecular weight excluding hydrogens is 356 g/mol. The summed E-state index contributed by atoms with van der Waals surface area (Å²) in [4.78, 5) is 4.23. The highest BCUT2D eigenvalue weighted by Crippen LogP contribution is 2.17. The second-order valence-corrected chi connectivity index (χ2v) is 8.26. The Morgan fingerprint density at radius 2 is 1.67 bits per heavy atom. The average Bonchev–Trinajstić information content (AvgIpc) is 2.72. The number of alkyl halides is 2. The number of rotatable bonds is 10. The van der Waals surface area contributed by atoms with E-state index in [2.05, 4.69) is 54.5 Å². The molecule has 0 amide bonds. The summed E-state index contributed by atoms with van der Waals surface area (Å²) >= 11 is 7.02. The number of nitrogens with zero attached hydrogens (tertiary/aromatic N) is 2. The molecule has 0 aliphatic carbocycles. The fraction of sp³-hybridized carbons (Fsp3) is 0.786. The van der Waals surface area contributed by atoms with Gasteiger partial charge in [0.2, 0.25) is 0 Å². The van der Waals surface area contributed by atoms with E-state index in [-0.39, 0.29) is 0 Å². The van der Waals surface area contributed by atoms with Gasteiger partial charge in [-0.1, -0.05) is 70.4 Å². The number of hydrogen-bond acceptors (Lipinski definition) is 1. The minimum absolute atomic E-state index is 0.503. The second-order valence-electron chi connectivity index (χ2n) is 4.82. The van der Waals surface area contributed by atoms with E-state index < -0.39 is 0 Å². The molecule has 1 heterocycles. The van der Waals surface area contributed by atoms with Crippen LogP contribution in [0, 0.1) is 6.92 Å². The highest BCUT2D eigenvalue weighted by atomic mass is 79.9. The van der Waals surface area contributed by atoms with Crippen molar-refractivity contribution in [2.24, 2.45) is 0 Å². The maximum Gasteiger partial charge on any atom is 0.105 e. The molecule has 2 nitrogen and oxygen atoms in total. The van der Waals surface area contributed by atoms with Gasteiger partial charge >= 0.3 is 0 Å². The summed E-state index contributed by atoms with van der Waals surface area (Å²) < 4.78 is 2.75. The molecule has 18 heavy (non-hydrogen) atoms. The highest BCUT2D eigenvalue weighted by molar-refractivity contribution is 9.24. The molecule has 1 rings (SSSR count). The molecule has 1 aromatic heterocycles. The van der Waals surface area contributed by atoms with Gasteiger partial charge in [0.05, 0.1) is 3.74 Å². The van der Waals surface area contributed by atoms with E-state index in [1.54, 1.807) is 0 Å². The standard InChI is InChI=1S/C14H24Br2N2/c1-13-17-10-12-18(13)11-8-6-4-2-3-5-7-9-14(15)16/h10,12,14H,2-9,11H2,1H3. The number of imidazole rings is 1. The van der Waals surface area contributed by atoms with Gasteiger partial charge in [-0.3, -0.25) is 0 Å². The minimum Gasteiger partial charge on any atom is -0.335 e. The van der Waals surface area contributed by atoms with E-state index in [0.717, 1.165) is 12.4 Å². The van der Waals surface area contributed by atoms with Crippen molar-refractivity contribution < 1.29 is 0 Å². The summed E-state index contributed by atoms with van der Waals surface area (Å²) in [6.07, 6.45) is 14.7. The summed E-state index contributed by atoms with van der Waals surface area (Å²) in [5.74, 6) is 1.13. The van der Waals surface area contributed by atoms with Crippen LogP contribution >= 0.6 is 31.9 Å². The molecule has 0 aromatic carbocycles. The number of unbranched alkanes of at least 4 members (excludes halogenated alkanes) is 6. The van der Waals surface area contributed by atoms with Crippen LogP contribution in [-0.4, -0.2) is 13.3 Å². The largest absolute Gasteiger partial charge is 0.335 e. The molecule has 0 fully saturated rings. The van der Waals surface area contributed by atoms with Crippen LogP contribution in [0.25, 0.3) is 0 Å². The molecule has 0 aliphatic heterocycles. The molecule has 0 unspecified atom stereocenters. The van der Waals surface area contributed by atoms with Gasteiger partial charge in [0.25, 0.3) is 0 Å². The molecule has 0 atom stereocenters. The van der Waals surface area contributed by atoms with Gasteiger partial charge in [0.1, 0.15) is 5.82 Å². The lowest BCUT2D eigenvalue weighted by Crippen LogP contribution is -1.98. The Morgan fingerprint density at radius 1 is 1.06 bits per heavy atom. The maximum atomic E-state index is 4.23. The predicted molar refractivity (Wildman–Crippen MR) is 85.5 cm³/mol. The summed E-state index contributed by atoms with van der Waals surface area (Å²) in [6, 6.07) is 0. The Labute approximate surface area is 128 Å². The zero-order chi connectivity index (χ0) is 13.2. The van der Waals surface area contributed by atoms with Crippen LogP contribution in [-0.2, 0) is 6.54 Å². The number of aryl methyl sites for hydroxylation is 2. The Morgan fingerprint density at radius 3 is 2.22 bits per heavy atom. The molecule has 0 saturated heterocycles. The lowest BCUT2D eigenvalue weighted by Gasteiger charge is -2.05. The molecule has 0 spiro atoms. The van der Waals surface area contributed by atoms with Crippen molar-refractivity contribution >= 4 is 31.9 Å². The van der Waals surface area contributed by atoms with Crippen molar-refractivity contribution in [3.05, 3.63) is 18.2 Å². The van der Waals surface area contributed by atoms with E-state index in [0.29, 0.717) is 3.74 Å². The third-order valence-corrected chi connectivity index (χ3v) is 4.16. The van der Waals surface area contributed by atoms with Gasteiger partial charge in [-0.2, -0.15) is 0 Å². The Kier molecular flexibility index (Phi) is 9.03. The van der Waals surface area contributed by atoms with Crippen molar-refractivity contribution in [2.75, 3.05) is 0 Å². The first-order valence-electron chi connectivity index (χ1n) is 6.96. The van der Waals surface area contributed by atoms with Crippen molar-refractivity contribution in [2.45, 2.75) is 68.6 Å². The number of hydrogen-bond donors (Lipinski definition) is 0. The molecule has 104 valence electrons. The summed E-state index contributed by atoms with van der Waals surface area (Å²) in [5.41, 5.74) is 0. The van der Waals surface area contributed by atoms with Crippen LogP contribution in [0.15, 0.2) is 12.4 Å². The Hall–Kier alpha value is 0.170. The van der Waals surface area contributed by atoms with E-state index in [9.17, 15) is 0 Å². The van der Waals surface area contributed by atoms with Crippen molar-refractivity contribution in [3.63, 3.8) is 0 Å². The van der Waals surface area contributed by atoms with Crippen LogP contribution in [0.2, 0.25) is 0 Å². The summed E-state index contributed by atoms with van der Waals surface area (Å²) in [6.45, 7) is 3.20. The first-order valence-corrected chi connectivity index (χ1v) is 8.79. The molecule has 4 heteroatoms. The molecular formula is C14H24Br2N2. The van der Waals surface area contributed by atoms with Crippen LogP contribution in [0.4, 0.5) is 0 Å². The summed E-state index contributed by atoms with van der Waals surface area (Å²) in [5, 5.41) is 0. The van der Waals surface area contributed by atoms with E-state index in [1.807, 2.05) is 6.20 Å². The quantitative estimate of drug-likeness (QED) is 0.391. The lowest BCUT2D eigenvalue weighted by atomic mass is 10.1. The minimum atomic E-state index is 0.503. The molecule has 1 aromatic rings. The number of aromatic nitrogens is 2. The van der Waals surface area contributed by atoms with Crippen molar-refractivity contribution in [3.8, 4) is 0 Å². The smallest absolute Gasteiger partial charge is 0.105 e. The summed E-state index contributed by atoms with van der Waals surface area (Å²) in [7, 11) is 0. The van der Waals surface area contributed by atoms with Gasteiger partial charge < -0.3 is 4.57 Å². The molecule has 0 saturated carbocycles. The zero-order valence-electron chi connectivity index (χ0n) is 11.2. The predicted octanol–water partition coefficient (Wildman–Crippen LogP) is 5.43. The molecule has 0 N–H and O–H groups in total. The molecule has 0 aliphatic rings. The van der Waals surface area contributed by atoms with Crippen LogP contribution in [0.1, 0.15) is 57.2 Å².